The van der Waals surface area contributed by atoms with Crippen LogP contribution in [0.2, 0.25) is 0 Å². The number of amides is 1. The number of carbonyl (C=O) groups excluding carboxylic acids is 1. The van der Waals surface area contributed by atoms with E-state index in [0.717, 1.165) is 6.07 Å². The molecular formula is C10H10BrF3N2O. The Labute approximate surface area is 104 Å². The van der Waals surface area contributed by atoms with Crippen molar-refractivity contribution in [3.05, 3.63) is 34.1 Å². The minimum atomic E-state index is -3.20. The smallest absolute Gasteiger partial charge is 0.277 e. The van der Waals surface area contributed by atoms with E-state index >= 15 is 0 Å². The second-order valence-corrected chi connectivity index (χ2v) is 4.19. The molecule has 0 heterocycles. The zero-order chi connectivity index (χ0) is 13.1. The Hall–Kier alpha value is -1.08. The molecule has 0 saturated carbocycles. The second-order valence-electron chi connectivity index (χ2n) is 3.34. The fourth-order valence-electron chi connectivity index (χ4n) is 1.08. The van der Waals surface area contributed by atoms with Gasteiger partial charge in [0.2, 0.25) is 0 Å². The second kappa shape index (κ2) is 5.50. The Bertz CT molecular complexity index is 406. The summed E-state index contributed by atoms with van der Waals surface area (Å²) >= 11 is 2.97. The van der Waals surface area contributed by atoms with E-state index in [0.29, 0.717) is 0 Å². The van der Waals surface area contributed by atoms with E-state index in [4.69, 9.17) is 5.73 Å². The number of hydrogen-bond acceptors (Lipinski definition) is 2. The fraction of sp³-hybridized carbons (Fsp3) is 0.300. The molecule has 0 aromatic heterocycles. The number of halogens is 4. The van der Waals surface area contributed by atoms with Gasteiger partial charge in [-0.2, -0.15) is 0 Å². The third-order valence-electron chi connectivity index (χ3n) is 2.00. The molecule has 3 N–H and O–H groups in total. The van der Waals surface area contributed by atoms with Crippen molar-refractivity contribution in [1.82, 2.24) is 5.32 Å². The summed E-state index contributed by atoms with van der Waals surface area (Å²) in [5.41, 5.74) is 4.50. The first-order valence-corrected chi connectivity index (χ1v) is 5.47. The number of hydrogen-bond donors (Lipinski definition) is 2. The first-order valence-electron chi connectivity index (χ1n) is 4.67. The summed E-state index contributed by atoms with van der Waals surface area (Å²) < 4.78 is 39.1. The van der Waals surface area contributed by atoms with Crippen molar-refractivity contribution >= 4 is 21.8 Å². The van der Waals surface area contributed by atoms with Crippen molar-refractivity contribution in [3.8, 4) is 0 Å². The average Bonchev–Trinajstić information content (AvgIpc) is 2.26. The van der Waals surface area contributed by atoms with Gasteiger partial charge >= 0.3 is 0 Å². The maximum Gasteiger partial charge on any atom is 0.277 e. The van der Waals surface area contributed by atoms with Crippen molar-refractivity contribution in [2.24, 2.45) is 5.73 Å². The molecule has 1 rings (SSSR count). The Morgan fingerprint density at radius 2 is 2.12 bits per heavy atom. The predicted molar refractivity (Wildman–Crippen MR) is 60.4 cm³/mol. The summed E-state index contributed by atoms with van der Waals surface area (Å²) in [6, 6.07) is 3.91. The highest BCUT2D eigenvalue weighted by molar-refractivity contribution is 9.10. The summed E-state index contributed by atoms with van der Waals surface area (Å²) in [6.45, 7) is -1.81. The summed E-state index contributed by atoms with van der Waals surface area (Å²) in [5.74, 6) is -4.90. The van der Waals surface area contributed by atoms with Crippen LogP contribution in [0, 0.1) is 5.82 Å². The van der Waals surface area contributed by atoms with E-state index in [-0.39, 0.29) is 10.0 Å². The summed E-state index contributed by atoms with van der Waals surface area (Å²) in [6.07, 6.45) is 0. The van der Waals surface area contributed by atoms with Crippen molar-refractivity contribution in [1.29, 1.82) is 0 Å². The molecule has 1 amide bonds. The highest BCUT2D eigenvalue weighted by atomic mass is 79.9. The van der Waals surface area contributed by atoms with Gasteiger partial charge in [0.1, 0.15) is 5.82 Å². The molecule has 3 nitrogen and oxygen atoms in total. The molecule has 0 bridgehead atoms. The van der Waals surface area contributed by atoms with Gasteiger partial charge in [-0.1, -0.05) is 6.07 Å². The van der Waals surface area contributed by atoms with Crippen LogP contribution in [0.1, 0.15) is 10.4 Å². The molecule has 0 atom stereocenters. The quantitative estimate of drug-likeness (QED) is 0.892. The van der Waals surface area contributed by atoms with Crippen LogP contribution in [0.25, 0.3) is 0 Å². The lowest BCUT2D eigenvalue weighted by molar-refractivity contribution is 0.0118. The van der Waals surface area contributed by atoms with Crippen LogP contribution < -0.4 is 11.1 Å². The topological polar surface area (TPSA) is 55.1 Å². The summed E-state index contributed by atoms with van der Waals surface area (Å²) in [4.78, 5) is 11.5. The molecule has 0 radical (unpaired) electrons. The van der Waals surface area contributed by atoms with Gasteiger partial charge in [0.05, 0.1) is 18.7 Å². The molecular weight excluding hydrogens is 301 g/mol. The Kier molecular flexibility index (Phi) is 4.53. The van der Waals surface area contributed by atoms with Crippen LogP contribution in [0.15, 0.2) is 22.7 Å². The van der Waals surface area contributed by atoms with Crippen LogP contribution in [-0.2, 0) is 0 Å². The molecule has 7 heteroatoms. The van der Waals surface area contributed by atoms with Gasteiger partial charge in [-0.15, -0.1) is 0 Å². The van der Waals surface area contributed by atoms with Gasteiger partial charge in [-0.05, 0) is 28.1 Å². The highest BCUT2D eigenvalue weighted by Crippen LogP contribution is 2.19. The number of rotatable bonds is 4. The minimum absolute atomic E-state index is 0.200. The van der Waals surface area contributed by atoms with Gasteiger partial charge in [0.25, 0.3) is 11.8 Å². The molecule has 0 aliphatic carbocycles. The van der Waals surface area contributed by atoms with Gasteiger partial charge in [-0.25, -0.2) is 13.2 Å². The molecule has 94 valence electrons. The van der Waals surface area contributed by atoms with E-state index in [1.807, 2.05) is 5.32 Å². The molecule has 0 saturated heterocycles. The zero-order valence-corrected chi connectivity index (χ0v) is 10.2. The lowest BCUT2D eigenvalue weighted by Gasteiger charge is -2.15. The van der Waals surface area contributed by atoms with Crippen LogP contribution in [0.4, 0.5) is 13.2 Å². The van der Waals surface area contributed by atoms with Gasteiger partial charge in [0, 0.05) is 4.47 Å². The molecule has 1 aromatic carbocycles. The summed E-state index contributed by atoms with van der Waals surface area (Å²) in [7, 11) is 0. The number of carbonyl (C=O) groups is 1. The minimum Gasteiger partial charge on any atom is -0.346 e. The normalized spacial score (nSPS) is 11.4. The third kappa shape index (κ3) is 3.71. The molecule has 0 aliphatic heterocycles. The average molecular weight is 311 g/mol. The maximum absolute atomic E-state index is 13.3. The van der Waals surface area contributed by atoms with Crippen LogP contribution in [-0.4, -0.2) is 24.9 Å². The van der Waals surface area contributed by atoms with Crippen LogP contribution in [0.3, 0.4) is 0 Å². The fourth-order valence-corrected chi connectivity index (χ4v) is 1.61. The number of nitrogens with two attached hydrogens (primary N) is 1. The first kappa shape index (κ1) is 14.0. The lowest BCUT2D eigenvalue weighted by Crippen LogP contribution is -2.41. The number of alkyl halides is 2. The predicted octanol–water partition coefficient (Wildman–Crippen LogP) is 1.91. The highest BCUT2D eigenvalue weighted by Gasteiger charge is 2.28. The standard InChI is InChI=1S/C10H10BrF3N2O/c11-6-2-1-3-7(12)8(6)9(17)16-5-10(13,14)4-15/h1-3H,4-5,15H2,(H,16,17). The lowest BCUT2D eigenvalue weighted by atomic mass is 10.2. The number of benzene rings is 1. The molecule has 0 spiro atoms. The molecule has 0 unspecified atom stereocenters. The van der Waals surface area contributed by atoms with Gasteiger partial charge < -0.3 is 11.1 Å². The van der Waals surface area contributed by atoms with Crippen molar-refractivity contribution in [3.63, 3.8) is 0 Å². The van der Waals surface area contributed by atoms with E-state index in [1.54, 1.807) is 0 Å². The maximum atomic E-state index is 13.3. The zero-order valence-electron chi connectivity index (χ0n) is 8.64. The Morgan fingerprint density at radius 1 is 1.47 bits per heavy atom. The molecule has 0 aliphatic rings. The van der Waals surface area contributed by atoms with Gasteiger partial charge in [0.15, 0.2) is 0 Å². The molecule has 1 aromatic rings. The largest absolute Gasteiger partial charge is 0.346 e. The van der Waals surface area contributed by atoms with E-state index in [9.17, 15) is 18.0 Å². The first-order chi connectivity index (χ1) is 7.87. The monoisotopic (exact) mass is 310 g/mol. The Balaban J connectivity index is 2.78. The molecule has 17 heavy (non-hydrogen) atoms. The van der Waals surface area contributed by atoms with E-state index < -0.39 is 30.7 Å². The van der Waals surface area contributed by atoms with Gasteiger partial charge in [-0.3, -0.25) is 4.79 Å². The van der Waals surface area contributed by atoms with Crippen molar-refractivity contribution in [2.75, 3.05) is 13.1 Å². The third-order valence-corrected chi connectivity index (χ3v) is 2.66. The van der Waals surface area contributed by atoms with Crippen LogP contribution >= 0.6 is 15.9 Å². The van der Waals surface area contributed by atoms with Crippen LogP contribution in [0.5, 0.6) is 0 Å². The SMILES string of the molecule is NCC(F)(F)CNC(=O)c1c(F)cccc1Br. The summed E-state index contributed by atoms with van der Waals surface area (Å²) in [5, 5.41) is 1.93. The van der Waals surface area contributed by atoms with E-state index in [2.05, 4.69) is 15.9 Å². The van der Waals surface area contributed by atoms with Crippen molar-refractivity contribution in [2.45, 2.75) is 5.92 Å². The van der Waals surface area contributed by atoms with Crippen molar-refractivity contribution < 1.29 is 18.0 Å². The van der Waals surface area contributed by atoms with E-state index in [1.165, 1.54) is 12.1 Å². The Morgan fingerprint density at radius 3 is 2.65 bits per heavy atom. The number of nitrogens with one attached hydrogen (secondary N) is 1. The molecule has 0 fully saturated rings.